The van der Waals surface area contributed by atoms with Gasteiger partial charge in [0.2, 0.25) is 5.78 Å². The topological polar surface area (TPSA) is 89.9 Å². The molecule has 0 fully saturated rings. The van der Waals surface area contributed by atoms with Crippen molar-refractivity contribution < 1.29 is 29.0 Å². The van der Waals surface area contributed by atoms with E-state index in [1.807, 2.05) is 0 Å². The summed E-state index contributed by atoms with van der Waals surface area (Å²) in [6.07, 6.45) is -0.729. The minimum absolute atomic E-state index is 0.0400. The minimum Gasteiger partial charge on any atom is -0.497 e. The number of carboxylic acid groups (broad SMARTS) is 1. The van der Waals surface area contributed by atoms with E-state index in [1.165, 1.54) is 7.11 Å². The van der Waals surface area contributed by atoms with Crippen LogP contribution in [-0.4, -0.2) is 29.9 Å². The third-order valence-electron chi connectivity index (χ3n) is 2.32. The van der Waals surface area contributed by atoms with E-state index in [-0.39, 0.29) is 19.4 Å². The van der Waals surface area contributed by atoms with Gasteiger partial charge < -0.3 is 14.6 Å². The second-order valence-corrected chi connectivity index (χ2v) is 3.74. The van der Waals surface area contributed by atoms with Crippen molar-refractivity contribution in [2.75, 3.05) is 7.11 Å². The van der Waals surface area contributed by atoms with Crippen LogP contribution < -0.4 is 4.74 Å². The Morgan fingerprint density at radius 2 is 1.74 bits per heavy atom. The molecular formula is C13H14O6. The Balaban J connectivity index is 2.40. The fourth-order valence-electron chi connectivity index (χ4n) is 1.27. The smallest absolute Gasteiger partial charge is 0.374 e. The van der Waals surface area contributed by atoms with Crippen LogP contribution in [-0.2, 0) is 25.7 Å². The van der Waals surface area contributed by atoms with Crippen molar-refractivity contribution in [1.29, 1.82) is 0 Å². The lowest BCUT2D eigenvalue weighted by Crippen LogP contribution is -2.18. The quantitative estimate of drug-likeness (QED) is 0.588. The average molecular weight is 266 g/mol. The fraction of sp³-hybridized carbons (Fsp3) is 0.308. The maximum absolute atomic E-state index is 11.3. The number of ketones is 1. The molecular weight excluding hydrogens is 252 g/mol. The molecule has 1 N–H and O–H groups in total. The Morgan fingerprint density at radius 3 is 2.26 bits per heavy atom. The molecule has 0 spiro atoms. The van der Waals surface area contributed by atoms with Crippen LogP contribution in [0.4, 0.5) is 0 Å². The van der Waals surface area contributed by atoms with Crippen molar-refractivity contribution in [2.45, 2.75) is 19.4 Å². The number of ether oxygens (including phenoxy) is 2. The van der Waals surface area contributed by atoms with E-state index in [4.69, 9.17) is 14.6 Å². The second-order valence-electron chi connectivity index (χ2n) is 3.74. The van der Waals surface area contributed by atoms with Crippen LogP contribution >= 0.6 is 0 Å². The van der Waals surface area contributed by atoms with Gasteiger partial charge in [-0.05, 0) is 17.7 Å². The Labute approximate surface area is 109 Å². The molecule has 0 heterocycles. The van der Waals surface area contributed by atoms with Gasteiger partial charge in [-0.15, -0.1) is 0 Å². The Hall–Kier alpha value is -2.37. The number of esters is 1. The van der Waals surface area contributed by atoms with Crippen LogP contribution in [0.1, 0.15) is 18.4 Å². The molecule has 0 aliphatic carbocycles. The van der Waals surface area contributed by atoms with Gasteiger partial charge in [0.05, 0.1) is 13.5 Å². The number of benzene rings is 1. The van der Waals surface area contributed by atoms with Gasteiger partial charge in [-0.2, -0.15) is 0 Å². The van der Waals surface area contributed by atoms with Crippen LogP contribution in [0.15, 0.2) is 24.3 Å². The summed E-state index contributed by atoms with van der Waals surface area (Å²) in [4.78, 5) is 32.7. The summed E-state index contributed by atoms with van der Waals surface area (Å²) in [5.41, 5.74) is 0.709. The highest BCUT2D eigenvalue weighted by Crippen LogP contribution is 2.12. The standard InChI is InChI=1S/C13H14O6/c1-18-10-4-2-9(3-5-10)8-19-13(17)11(14)6-7-12(15)16/h2-5H,6-8H2,1H3,(H,15,16). The highest BCUT2D eigenvalue weighted by atomic mass is 16.5. The third-order valence-corrected chi connectivity index (χ3v) is 2.32. The number of carboxylic acids is 1. The highest BCUT2D eigenvalue weighted by Gasteiger charge is 2.16. The molecule has 1 aromatic rings. The van der Waals surface area contributed by atoms with Crippen LogP contribution in [0.25, 0.3) is 0 Å². The molecule has 6 heteroatoms. The summed E-state index contributed by atoms with van der Waals surface area (Å²) >= 11 is 0. The lowest BCUT2D eigenvalue weighted by atomic mass is 10.2. The van der Waals surface area contributed by atoms with E-state index in [9.17, 15) is 14.4 Å². The van der Waals surface area contributed by atoms with Gasteiger partial charge >= 0.3 is 11.9 Å². The summed E-state index contributed by atoms with van der Waals surface area (Å²) in [5, 5.41) is 8.39. The number of carbonyl (C=O) groups excluding carboxylic acids is 2. The lowest BCUT2D eigenvalue weighted by molar-refractivity contribution is -0.155. The highest BCUT2D eigenvalue weighted by molar-refractivity contribution is 6.33. The van der Waals surface area contributed by atoms with E-state index in [1.54, 1.807) is 24.3 Å². The number of methoxy groups -OCH3 is 1. The molecule has 6 nitrogen and oxygen atoms in total. The van der Waals surface area contributed by atoms with Crippen molar-refractivity contribution in [1.82, 2.24) is 0 Å². The van der Waals surface area contributed by atoms with Gasteiger partial charge in [0.1, 0.15) is 12.4 Å². The van der Waals surface area contributed by atoms with Crippen molar-refractivity contribution in [3.63, 3.8) is 0 Å². The zero-order chi connectivity index (χ0) is 14.3. The number of rotatable bonds is 7. The Kier molecular flexibility index (Phi) is 5.53. The molecule has 0 bridgehead atoms. The van der Waals surface area contributed by atoms with E-state index in [0.717, 1.165) is 0 Å². The largest absolute Gasteiger partial charge is 0.497 e. The zero-order valence-electron chi connectivity index (χ0n) is 10.4. The Bertz CT molecular complexity index is 463. The normalized spacial score (nSPS) is 9.74. The summed E-state index contributed by atoms with van der Waals surface area (Å²) in [6.45, 7) is -0.0400. The van der Waals surface area contributed by atoms with Crippen molar-refractivity contribution in [3.05, 3.63) is 29.8 Å². The molecule has 102 valence electrons. The number of aliphatic carboxylic acids is 1. The number of carbonyl (C=O) groups is 3. The van der Waals surface area contributed by atoms with E-state index < -0.39 is 17.7 Å². The monoisotopic (exact) mass is 266 g/mol. The SMILES string of the molecule is COc1ccc(COC(=O)C(=O)CCC(=O)O)cc1. The van der Waals surface area contributed by atoms with Crippen LogP contribution in [0.3, 0.4) is 0 Å². The van der Waals surface area contributed by atoms with Crippen molar-refractivity contribution >= 4 is 17.7 Å². The molecule has 1 rings (SSSR count). The predicted octanol–water partition coefficient (Wildman–Crippen LogP) is 1.17. The van der Waals surface area contributed by atoms with Gasteiger partial charge in [-0.3, -0.25) is 9.59 Å². The first kappa shape index (κ1) is 14.7. The van der Waals surface area contributed by atoms with Gasteiger partial charge in [-0.1, -0.05) is 12.1 Å². The summed E-state index contributed by atoms with van der Waals surface area (Å²) < 4.78 is 9.74. The molecule has 0 atom stereocenters. The molecule has 19 heavy (non-hydrogen) atoms. The molecule has 0 saturated heterocycles. The summed E-state index contributed by atoms with van der Waals surface area (Å²) in [5.74, 6) is -2.31. The molecule has 0 unspecified atom stereocenters. The maximum Gasteiger partial charge on any atom is 0.374 e. The first-order chi connectivity index (χ1) is 9.02. The van der Waals surface area contributed by atoms with E-state index in [0.29, 0.717) is 11.3 Å². The van der Waals surface area contributed by atoms with Crippen molar-refractivity contribution in [3.8, 4) is 5.75 Å². The van der Waals surface area contributed by atoms with Gasteiger partial charge in [0.15, 0.2) is 0 Å². The van der Waals surface area contributed by atoms with Crippen LogP contribution in [0, 0.1) is 0 Å². The van der Waals surface area contributed by atoms with Gasteiger partial charge in [0.25, 0.3) is 0 Å². The second kappa shape index (κ2) is 7.15. The van der Waals surface area contributed by atoms with Crippen LogP contribution in [0.5, 0.6) is 5.75 Å². The zero-order valence-corrected chi connectivity index (χ0v) is 10.4. The molecule has 0 amide bonds. The molecule has 0 aromatic heterocycles. The van der Waals surface area contributed by atoms with Crippen molar-refractivity contribution in [2.24, 2.45) is 0 Å². The first-order valence-electron chi connectivity index (χ1n) is 5.57. The summed E-state index contributed by atoms with van der Waals surface area (Å²) in [6, 6.07) is 6.81. The lowest BCUT2D eigenvalue weighted by Gasteiger charge is -2.05. The van der Waals surface area contributed by atoms with Gasteiger partial charge in [0, 0.05) is 6.42 Å². The summed E-state index contributed by atoms with van der Waals surface area (Å²) in [7, 11) is 1.54. The number of hydrogen-bond acceptors (Lipinski definition) is 5. The fourth-order valence-corrected chi connectivity index (χ4v) is 1.27. The van der Waals surface area contributed by atoms with Gasteiger partial charge in [-0.25, -0.2) is 4.79 Å². The number of hydrogen-bond donors (Lipinski definition) is 1. The molecule has 0 saturated carbocycles. The predicted molar refractivity (Wildman–Crippen MR) is 64.7 cm³/mol. The molecule has 1 aromatic carbocycles. The minimum atomic E-state index is -1.13. The van der Waals surface area contributed by atoms with E-state index in [2.05, 4.69) is 0 Å². The Morgan fingerprint density at radius 1 is 1.11 bits per heavy atom. The third kappa shape index (κ3) is 5.20. The molecule has 0 aliphatic rings. The average Bonchev–Trinajstić information content (AvgIpc) is 2.42. The molecule has 0 aliphatic heterocycles. The number of Topliss-reactive ketones (excluding diaryl/α,β-unsaturated/α-hetero) is 1. The maximum atomic E-state index is 11.3. The van der Waals surface area contributed by atoms with E-state index >= 15 is 0 Å². The molecule has 0 radical (unpaired) electrons. The first-order valence-corrected chi connectivity index (χ1v) is 5.57. The van der Waals surface area contributed by atoms with Crippen LogP contribution in [0.2, 0.25) is 0 Å².